The number of aryl methyl sites for hydroxylation is 1. The smallest absolute Gasteiger partial charge is 0.412 e. The van der Waals surface area contributed by atoms with Gasteiger partial charge in [-0.25, -0.2) is 0 Å². The Bertz CT molecular complexity index is 796. The van der Waals surface area contributed by atoms with Crippen molar-refractivity contribution in [3.8, 4) is 5.75 Å². The first-order chi connectivity index (χ1) is 12.1. The molecule has 1 atom stereocenters. The number of aliphatic carboxylic acids is 1. The maximum absolute atomic E-state index is 13.4. The summed E-state index contributed by atoms with van der Waals surface area (Å²) >= 11 is 0. The molecule has 2 aromatic rings. The molecule has 0 aliphatic heterocycles. The molecule has 2 rings (SSSR count). The number of alkyl halides is 3. The third kappa shape index (κ3) is 4.35. The Hall–Kier alpha value is -2.97. The molecule has 1 aromatic carbocycles. The van der Waals surface area contributed by atoms with Crippen LogP contribution in [0.25, 0.3) is 0 Å². The molecule has 0 radical (unpaired) electrons. The van der Waals surface area contributed by atoms with Crippen LogP contribution in [-0.2, 0) is 11.2 Å². The molecule has 26 heavy (non-hydrogen) atoms. The second kappa shape index (κ2) is 7.51. The highest BCUT2D eigenvalue weighted by atomic mass is 19.4. The summed E-state index contributed by atoms with van der Waals surface area (Å²) in [5.74, 6) is -2.17. The monoisotopic (exact) mass is 371 g/mol. The molecule has 1 heterocycles. The number of hydrogen-bond donors (Lipinski definition) is 2. The van der Waals surface area contributed by atoms with Crippen LogP contribution in [-0.4, -0.2) is 30.3 Å². The Kier molecular flexibility index (Phi) is 5.59. The number of carboxylic acids is 1. The molecule has 9 heteroatoms. The van der Waals surface area contributed by atoms with Crippen molar-refractivity contribution in [1.29, 1.82) is 0 Å². The Morgan fingerprint density at radius 2 is 1.88 bits per heavy atom. The van der Waals surface area contributed by atoms with E-state index in [-0.39, 0.29) is 22.5 Å². The van der Waals surface area contributed by atoms with E-state index in [0.29, 0.717) is 5.75 Å². The van der Waals surface area contributed by atoms with Crippen molar-refractivity contribution in [2.75, 3.05) is 7.11 Å². The van der Waals surface area contributed by atoms with Gasteiger partial charge in [0, 0.05) is 5.56 Å². The molecule has 1 unspecified atom stereocenters. The van der Waals surface area contributed by atoms with Gasteiger partial charge in [0.1, 0.15) is 17.9 Å². The van der Waals surface area contributed by atoms with Gasteiger partial charge in [0.05, 0.1) is 18.9 Å². The molecule has 0 saturated carbocycles. The number of carbonyl (C=O) groups excluding carboxylic acids is 1. The molecular weight excluding hydrogens is 355 g/mol. The predicted molar refractivity (Wildman–Crippen MR) is 84.0 cm³/mol. The molecular formula is C17H16F3NO5. The minimum absolute atomic E-state index is 0.187. The zero-order chi connectivity index (χ0) is 19.5. The standard InChI is InChI=1S/C17H16F3NO5/c1-9-8-26-12(7-13(22)23)14(9)16(24)21-15(17(18,19)20)10-3-5-11(25-2)6-4-10/h3-6,8,15H,7H2,1-2H3,(H,21,24)(H,22,23). The van der Waals surface area contributed by atoms with Crippen LogP contribution in [0.3, 0.4) is 0 Å². The summed E-state index contributed by atoms with van der Waals surface area (Å²) in [5, 5.41) is 10.7. The summed E-state index contributed by atoms with van der Waals surface area (Å²) < 4.78 is 50.2. The van der Waals surface area contributed by atoms with Gasteiger partial charge in [0.15, 0.2) is 6.04 Å². The van der Waals surface area contributed by atoms with Crippen molar-refractivity contribution in [2.45, 2.75) is 25.6 Å². The summed E-state index contributed by atoms with van der Waals surface area (Å²) in [6.07, 6.45) is -4.24. The molecule has 0 spiro atoms. The van der Waals surface area contributed by atoms with Crippen molar-refractivity contribution < 1.29 is 37.0 Å². The summed E-state index contributed by atoms with van der Waals surface area (Å²) in [6, 6.07) is 2.81. The quantitative estimate of drug-likeness (QED) is 0.814. The molecule has 1 amide bonds. The van der Waals surface area contributed by atoms with Crippen LogP contribution in [0.4, 0.5) is 13.2 Å². The van der Waals surface area contributed by atoms with E-state index in [4.69, 9.17) is 14.3 Å². The molecule has 0 aliphatic carbocycles. The number of nitrogens with one attached hydrogen (secondary N) is 1. The highest BCUT2D eigenvalue weighted by molar-refractivity contribution is 5.97. The van der Waals surface area contributed by atoms with Crippen LogP contribution in [0.2, 0.25) is 0 Å². The highest BCUT2D eigenvalue weighted by Crippen LogP contribution is 2.34. The number of carbonyl (C=O) groups is 2. The summed E-state index contributed by atoms with van der Waals surface area (Å²) in [7, 11) is 1.38. The van der Waals surface area contributed by atoms with E-state index in [2.05, 4.69) is 0 Å². The second-order valence-electron chi connectivity index (χ2n) is 5.51. The van der Waals surface area contributed by atoms with Crippen LogP contribution < -0.4 is 10.1 Å². The number of amides is 1. The lowest BCUT2D eigenvalue weighted by molar-refractivity contribution is -0.155. The lowest BCUT2D eigenvalue weighted by Gasteiger charge is -2.22. The fraction of sp³-hybridized carbons (Fsp3) is 0.294. The Morgan fingerprint density at radius 3 is 2.38 bits per heavy atom. The SMILES string of the molecule is COc1ccc(C(NC(=O)c2c(C)coc2CC(=O)O)C(F)(F)F)cc1. The largest absolute Gasteiger partial charge is 0.497 e. The third-order valence-electron chi connectivity index (χ3n) is 3.64. The number of hydrogen-bond acceptors (Lipinski definition) is 4. The number of ether oxygens (including phenoxy) is 1. The van der Waals surface area contributed by atoms with Gasteiger partial charge >= 0.3 is 12.1 Å². The van der Waals surface area contributed by atoms with E-state index in [0.717, 1.165) is 6.26 Å². The Balaban J connectivity index is 2.33. The molecule has 0 aliphatic rings. The fourth-order valence-electron chi connectivity index (χ4n) is 2.42. The van der Waals surface area contributed by atoms with Gasteiger partial charge in [0.25, 0.3) is 5.91 Å². The number of benzene rings is 1. The molecule has 6 nitrogen and oxygen atoms in total. The van der Waals surface area contributed by atoms with Gasteiger partial charge < -0.3 is 19.6 Å². The van der Waals surface area contributed by atoms with Crippen molar-refractivity contribution in [1.82, 2.24) is 5.32 Å². The predicted octanol–water partition coefficient (Wildman–Crippen LogP) is 3.26. The summed E-state index contributed by atoms with van der Waals surface area (Å²) in [6.45, 7) is 1.44. The zero-order valence-electron chi connectivity index (χ0n) is 13.9. The highest BCUT2D eigenvalue weighted by Gasteiger charge is 2.42. The maximum Gasteiger partial charge on any atom is 0.412 e. The second-order valence-corrected chi connectivity index (χ2v) is 5.51. The van der Waals surface area contributed by atoms with E-state index in [9.17, 15) is 22.8 Å². The average molecular weight is 371 g/mol. The van der Waals surface area contributed by atoms with E-state index in [1.54, 1.807) is 0 Å². The van der Waals surface area contributed by atoms with E-state index >= 15 is 0 Å². The molecule has 0 bridgehead atoms. The van der Waals surface area contributed by atoms with Gasteiger partial charge in [-0.3, -0.25) is 9.59 Å². The van der Waals surface area contributed by atoms with Crippen LogP contribution in [0.15, 0.2) is 34.9 Å². The van der Waals surface area contributed by atoms with Crippen molar-refractivity contribution in [3.05, 3.63) is 53.0 Å². The zero-order valence-corrected chi connectivity index (χ0v) is 13.9. The van der Waals surface area contributed by atoms with Gasteiger partial charge in [-0.15, -0.1) is 0 Å². The number of furan rings is 1. The van der Waals surface area contributed by atoms with Gasteiger partial charge in [-0.2, -0.15) is 13.2 Å². The summed E-state index contributed by atoms with van der Waals surface area (Å²) in [4.78, 5) is 23.2. The van der Waals surface area contributed by atoms with E-state index in [1.165, 1.54) is 38.3 Å². The van der Waals surface area contributed by atoms with Crippen molar-refractivity contribution in [3.63, 3.8) is 0 Å². The van der Waals surface area contributed by atoms with Crippen molar-refractivity contribution in [2.24, 2.45) is 0 Å². The number of carboxylic acid groups (broad SMARTS) is 1. The summed E-state index contributed by atoms with van der Waals surface area (Å²) in [5.41, 5.74) is -0.155. The first-order valence-corrected chi connectivity index (χ1v) is 7.43. The van der Waals surface area contributed by atoms with Crippen LogP contribution in [0.5, 0.6) is 5.75 Å². The number of methoxy groups -OCH3 is 1. The molecule has 140 valence electrons. The average Bonchev–Trinajstić information content (AvgIpc) is 2.91. The first-order valence-electron chi connectivity index (χ1n) is 7.43. The van der Waals surface area contributed by atoms with Crippen molar-refractivity contribution >= 4 is 11.9 Å². The molecule has 1 aromatic heterocycles. The number of halogens is 3. The topological polar surface area (TPSA) is 88.8 Å². The van der Waals surface area contributed by atoms with Gasteiger partial charge in [0.2, 0.25) is 0 Å². The third-order valence-corrected chi connectivity index (χ3v) is 3.64. The molecule has 0 fully saturated rings. The lowest BCUT2D eigenvalue weighted by atomic mass is 10.0. The minimum atomic E-state index is -4.76. The first kappa shape index (κ1) is 19.4. The normalized spacial score (nSPS) is 12.5. The lowest BCUT2D eigenvalue weighted by Crippen LogP contribution is -2.38. The van der Waals surface area contributed by atoms with E-state index in [1.807, 2.05) is 5.32 Å². The number of rotatable bonds is 6. The fourth-order valence-corrected chi connectivity index (χ4v) is 2.42. The molecule has 2 N–H and O–H groups in total. The van der Waals surface area contributed by atoms with Crippen LogP contribution in [0.1, 0.15) is 33.3 Å². The minimum Gasteiger partial charge on any atom is -0.497 e. The van der Waals surface area contributed by atoms with Crippen LogP contribution in [0, 0.1) is 6.92 Å². The Labute approximate surface area is 146 Å². The van der Waals surface area contributed by atoms with E-state index < -0.39 is 30.5 Å². The Morgan fingerprint density at radius 1 is 1.27 bits per heavy atom. The van der Waals surface area contributed by atoms with Gasteiger partial charge in [-0.1, -0.05) is 12.1 Å². The maximum atomic E-state index is 13.4. The van der Waals surface area contributed by atoms with Crippen LogP contribution >= 0.6 is 0 Å². The van der Waals surface area contributed by atoms with Gasteiger partial charge in [-0.05, 0) is 24.6 Å². The molecule has 0 saturated heterocycles.